The molecule has 0 spiro atoms. The lowest BCUT2D eigenvalue weighted by molar-refractivity contribution is 1.03. The van der Waals surface area contributed by atoms with Crippen LogP contribution >= 0.6 is 23.2 Å². The molecular weight excluding hydrogens is 205 g/mol. The third-order valence-electron chi connectivity index (χ3n) is 2.06. The molecule has 3 heteroatoms. The minimum absolute atomic E-state index is 0.774. The Kier molecular flexibility index (Phi) is 4.04. The van der Waals surface area contributed by atoms with Gasteiger partial charge in [-0.1, -0.05) is 23.2 Å². The van der Waals surface area contributed by atoms with E-state index in [1.807, 2.05) is 19.1 Å². The number of hydrogen-bond acceptors (Lipinski definition) is 0. The Labute approximate surface area is 89.0 Å². The van der Waals surface area contributed by atoms with E-state index in [9.17, 15) is 0 Å². The van der Waals surface area contributed by atoms with Crippen molar-refractivity contribution in [2.45, 2.75) is 13.3 Å². The van der Waals surface area contributed by atoms with Gasteiger partial charge in [-0.25, -0.2) is 0 Å². The third kappa shape index (κ3) is 2.60. The summed E-state index contributed by atoms with van der Waals surface area (Å²) >= 11 is 12.0. The molecule has 1 aromatic carbocycles. The standard InChI is InChI=1S/C10H12Cl2N/c1-7-8(5-6-13-2)10(12)4-3-9(7)11/h3-4H,5-6H2,1-2H3/q-1. The molecule has 0 N–H and O–H groups in total. The monoisotopic (exact) mass is 216 g/mol. The number of halogens is 2. The first kappa shape index (κ1) is 10.8. The van der Waals surface area contributed by atoms with Gasteiger partial charge in [0.25, 0.3) is 0 Å². The van der Waals surface area contributed by atoms with Gasteiger partial charge < -0.3 is 5.32 Å². The van der Waals surface area contributed by atoms with Gasteiger partial charge in [0.05, 0.1) is 0 Å². The maximum Gasteiger partial charge on any atom is 0.0441 e. The molecular formula is C10H12Cl2N-. The van der Waals surface area contributed by atoms with E-state index < -0.39 is 0 Å². The van der Waals surface area contributed by atoms with Crippen molar-refractivity contribution in [3.8, 4) is 0 Å². The van der Waals surface area contributed by atoms with Crippen LogP contribution in [0.15, 0.2) is 12.1 Å². The van der Waals surface area contributed by atoms with Crippen molar-refractivity contribution in [2.24, 2.45) is 0 Å². The van der Waals surface area contributed by atoms with Crippen molar-refractivity contribution in [2.75, 3.05) is 13.6 Å². The van der Waals surface area contributed by atoms with Crippen molar-refractivity contribution in [3.05, 3.63) is 38.6 Å². The summed E-state index contributed by atoms with van der Waals surface area (Å²) in [7, 11) is 1.80. The van der Waals surface area contributed by atoms with Gasteiger partial charge in [0, 0.05) is 10.0 Å². The van der Waals surface area contributed by atoms with Crippen molar-refractivity contribution in [3.63, 3.8) is 0 Å². The van der Waals surface area contributed by atoms with Crippen LogP contribution in [0.3, 0.4) is 0 Å². The summed E-state index contributed by atoms with van der Waals surface area (Å²) in [6.45, 7) is 2.78. The smallest absolute Gasteiger partial charge is 0.0441 e. The summed E-state index contributed by atoms with van der Waals surface area (Å²) in [5.41, 5.74) is 2.18. The lowest BCUT2D eigenvalue weighted by Crippen LogP contribution is -1.95. The maximum absolute atomic E-state index is 6.04. The number of nitrogens with zero attached hydrogens (tertiary/aromatic N) is 1. The third-order valence-corrected chi connectivity index (χ3v) is 2.82. The van der Waals surface area contributed by atoms with Gasteiger partial charge in [-0.15, -0.1) is 6.54 Å². The lowest BCUT2D eigenvalue weighted by Gasteiger charge is -2.14. The number of hydrogen-bond donors (Lipinski definition) is 0. The lowest BCUT2D eigenvalue weighted by atomic mass is 10.1. The van der Waals surface area contributed by atoms with Crippen LogP contribution in [0.4, 0.5) is 0 Å². The average Bonchev–Trinajstić information content (AvgIpc) is 2.12. The first-order valence-corrected chi connectivity index (χ1v) is 4.91. The summed E-state index contributed by atoms with van der Waals surface area (Å²) in [4.78, 5) is 0. The molecule has 0 radical (unpaired) electrons. The summed E-state index contributed by atoms with van der Waals surface area (Å²) in [5, 5.41) is 5.60. The zero-order chi connectivity index (χ0) is 9.84. The van der Waals surface area contributed by atoms with E-state index in [4.69, 9.17) is 23.2 Å². The highest BCUT2D eigenvalue weighted by Gasteiger charge is 2.04. The topological polar surface area (TPSA) is 14.1 Å². The second-order valence-electron chi connectivity index (χ2n) is 2.92. The maximum atomic E-state index is 6.04. The van der Waals surface area contributed by atoms with E-state index in [1.54, 1.807) is 7.05 Å². The molecule has 0 aliphatic rings. The molecule has 0 aliphatic heterocycles. The molecule has 72 valence electrons. The normalized spacial score (nSPS) is 10.5. The molecule has 1 nitrogen and oxygen atoms in total. The first-order valence-electron chi connectivity index (χ1n) is 4.16. The van der Waals surface area contributed by atoms with Crippen LogP contribution in [-0.4, -0.2) is 13.6 Å². The number of benzene rings is 1. The minimum Gasteiger partial charge on any atom is -0.665 e. The van der Waals surface area contributed by atoms with Crippen LogP contribution in [0, 0.1) is 6.92 Å². The van der Waals surface area contributed by atoms with Gasteiger partial charge in [-0.2, -0.15) is 7.05 Å². The van der Waals surface area contributed by atoms with Crippen molar-refractivity contribution in [1.82, 2.24) is 0 Å². The van der Waals surface area contributed by atoms with Gasteiger partial charge in [-0.05, 0) is 36.6 Å². The summed E-state index contributed by atoms with van der Waals surface area (Å²) in [6, 6.07) is 3.66. The highest BCUT2D eigenvalue weighted by molar-refractivity contribution is 6.34. The molecule has 0 saturated carbocycles. The van der Waals surface area contributed by atoms with Gasteiger partial charge >= 0.3 is 0 Å². The molecule has 0 saturated heterocycles. The quantitative estimate of drug-likeness (QED) is 0.730. The first-order chi connectivity index (χ1) is 6.16. The minimum atomic E-state index is 0.774. The van der Waals surface area contributed by atoms with E-state index in [0.29, 0.717) is 0 Å². The van der Waals surface area contributed by atoms with Crippen LogP contribution in [-0.2, 0) is 6.42 Å². The predicted molar refractivity (Wildman–Crippen MR) is 59.1 cm³/mol. The van der Waals surface area contributed by atoms with Crippen LogP contribution in [0.25, 0.3) is 5.32 Å². The molecule has 1 aromatic rings. The number of rotatable bonds is 3. The summed E-state index contributed by atoms with van der Waals surface area (Å²) in [6.07, 6.45) is 0.863. The second-order valence-corrected chi connectivity index (χ2v) is 3.74. The zero-order valence-corrected chi connectivity index (χ0v) is 9.28. The van der Waals surface area contributed by atoms with E-state index in [2.05, 4.69) is 5.32 Å². The van der Waals surface area contributed by atoms with Crippen molar-refractivity contribution < 1.29 is 0 Å². The van der Waals surface area contributed by atoms with E-state index >= 15 is 0 Å². The molecule has 0 amide bonds. The highest BCUT2D eigenvalue weighted by atomic mass is 35.5. The molecule has 1 rings (SSSR count). The van der Waals surface area contributed by atoms with Gasteiger partial charge in [0.2, 0.25) is 0 Å². The van der Waals surface area contributed by atoms with Crippen LogP contribution in [0.5, 0.6) is 0 Å². The summed E-state index contributed by atoms with van der Waals surface area (Å²) < 4.78 is 0. The molecule has 0 fully saturated rings. The van der Waals surface area contributed by atoms with Gasteiger partial charge in [-0.3, -0.25) is 0 Å². The Morgan fingerprint density at radius 3 is 2.46 bits per heavy atom. The molecule has 13 heavy (non-hydrogen) atoms. The van der Waals surface area contributed by atoms with E-state index in [-0.39, 0.29) is 0 Å². The Hall–Kier alpha value is -0.240. The molecule has 0 aromatic heterocycles. The second kappa shape index (κ2) is 4.85. The zero-order valence-electron chi connectivity index (χ0n) is 7.77. The van der Waals surface area contributed by atoms with Crippen LogP contribution < -0.4 is 0 Å². The molecule has 0 bridgehead atoms. The highest BCUT2D eigenvalue weighted by Crippen LogP contribution is 2.26. The largest absolute Gasteiger partial charge is 0.665 e. The van der Waals surface area contributed by atoms with Crippen molar-refractivity contribution in [1.29, 1.82) is 0 Å². The van der Waals surface area contributed by atoms with E-state index in [1.165, 1.54) is 0 Å². The Morgan fingerprint density at radius 2 is 1.85 bits per heavy atom. The molecule has 0 atom stereocenters. The average molecular weight is 217 g/mol. The molecule has 0 unspecified atom stereocenters. The van der Waals surface area contributed by atoms with Crippen LogP contribution in [0.2, 0.25) is 10.0 Å². The number of likely N-dealkylation sites (N-methyl/N-ethyl adjacent to an activating group) is 1. The molecule has 0 heterocycles. The van der Waals surface area contributed by atoms with Crippen LogP contribution in [0.1, 0.15) is 11.1 Å². The Balaban J connectivity index is 2.96. The van der Waals surface area contributed by atoms with E-state index in [0.717, 1.165) is 34.1 Å². The van der Waals surface area contributed by atoms with Gasteiger partial charge in [0.15, 0.2) is 0 Å². The molecule has 0 aliphatic carbocycles. The SMILES string of the molecule is C[N-]CCc1c(Cl)ccc(Cl)c1C. The Bertz CT molecular complexity index is 297. The predicted octanol–water partition coefficient (Wildman–Crippen LogP) is 3.85. The fourth-order valence-corrected chi connectivity index (χ4v) is 1.70. The van der Waals surface area contributed by atoms with Crippen molar-refractivity contribution >= 4 is 23.2 Å². The summed E-state index contributed by atoms with van der Waals surface area (Å²) in [5.74, 6) is 0. The fourth-order valence-electron chi connectivity index (χ4n) is 1.23. The Morgan fingerprint density at radius 1 is 1.23 bits per heavy atom. The fraction of sp³-hybridized carbons (Fsp3) is 0.400. The van der Waals surface area contributed by atoms with Gasteiger partial charge in [0.1, 0.15) is 0 Å².